The van der Waals surface area contributed by atoms with Crippen LogP contribution in [0.15, 0.2) is 28.7 Å². The Bertz CT molecular complexity index is 274. The SMILES string of the molecule is CCC(CS)COc1cccc(Br)c1. The van der Waals surface area contributed by atoms with Crippen molar-refractivity contribution in [3.63, 3.8) is 0 Å². The van der Waals surface area contributed by atoms with Gasteiger partial charge in [0, 0.05) is 10.4 Å². The van der Waals surface area contributed by atoms with Crippen molar-refractivity contribution >= 4 is 28.6 Å². The standard InChI is InChI=1S/C11H15BrOS/c1-2-9(8-14)7-13-11-5-3-4-10(12)6-11/h3-6,9,14H,2,7-8H2,1H3. The van der Waals surface area contributed by atoms with E-state index in [1.165, 1.54) is 0 Å². The number of hydrogen-bond acceptors (Lipinski definition) is 2. The van der Waals surface area contributed by atoms with Crippen LogP contribution in [0.4, 0.5) is 0 Å². The molecule has 0 aromatic heterocycles. The van der Waals surface area contributed by atoms with E-state index in [2.05, 4.69) is 35.5 Å². The molecule has 3 heteroatoms. The number of rotatable bonds is 5. The average molecular weight is 275 g/mol. The van der Waals surface area contributed by atoms with Crippen molar-refractivity contribution in [1.29, 1.82) is 0 Å². The highest BCUT2D eigenvalue weighted by molar-refractivity contribution is 9.10. The monoisotopic (exact) mass is 274 g/mol. The Morgan fingerprint density at radius 1 is 1.50 bits per heavy atom. The zero-order chi connectivity index (χ0) is 10.4. The summed E-state index contributed by atoms with van der Waals surface area (Å²) in [7, 11) is 0. The van der Waals surface area contributed by atoms with Crippen LogP contribution < -0.4 is 4.74 Å². The fourth-order valence-electron chi connectivity index (χ4n) is 1.07. The Labute approximate surface area is 99.4 Å². The summed E-state index contributed by atoms with van der Waals surface area (Å²) >= 11 is 7.68. The van der Waals surface area contributed by atoms with Gasteiger partial charge in [0.2, 0.25) is 0 Å². The van der Waals surface area contributed by atoms with E-state index in [1.807, 2.05) is 24.3 Å². The number of thiol groups is 1. The molecule has 0 amide bonds. The summed E-state index contributed by atoms with van der Waals surface area (Å²) in [5, 5.41) is 0. The van der Waals surface area contributed by atoms with E-state index in [1.54, 1.807) is 0 Å². The second-order valence-electron chi connectivity index (χ2n) is 3.23. The van der Waals surface area contributed by atoms with Crippen molar-refractivity contribution in [3.8, 4) is 5.75 Å². The summed E-state index contributed by atoms with van der Waals surface area (Å²) in [6, 6.07) is 7.91. The Hall–Kier alpha value is -0.150. The van der Waals surface area contributed by atoms with Crippen molar-refractivity contribution < 1.29 is 4.74 Å². The van der Waals surface area contributed by atoms with Gasteiger partial charge in [0.15, 0.2) is 0 Å². The van der Waals surface area contributed by atoms with Gasteiger partial charge in [0.25, 0.3) is 0 Å². The van der Waals surface area contributed by atoms with Crippen LogP contribution in [0.3, 0.4) is 0 Å². The lowest BCUT2D eigenvalue weighted by molar-refractivity contribution is 0.259. The molecule has 1 unspecified atom stereocenters. The highest BCUT2D eigenvalue weighted by atomic mass is 79.9. The summed E-state index contributed by atoms with van der Waals surface area (Å²) in [4.78, 5) is 0. The molecule has 0 aliphatic rings. The molecule has 0 bridgehead atoms. The van der Waals surface area contributed by atoms with Gasteiger partial charge < -0.3 is 4.74 Å². The van der Waals surface area contributed by atoms with E-state index in [4.69, 9.17) is 4.74 Å². The normalized spacial score (nSPS) is 12.5. The zero-order valence-corrected chi connectivity index (χ0v) is 10.7. The molecule has 1 aromatic rings. The van der Waals surface area contributed by atoms with Crippen LogP contribution in [-0.2, 0) is 0 Å². The fourth-order valence-corrected chi connectivity index (χ4v) is 1.81. The number of hydrogen-bond donors (Lipinski definition) is 1. The van der Waals surface area contributed by atoms with Gasteiger partial charge in [0.05, 0.1) is 6.61 Å². The maximum atomic E-state index is 5.65. The van der Waals surface area contributed by atoms with Crippen LogP contribution >= 0.6 is 28.6 Å². The Morgan fingerprint density at radius 2 is 2.29 bits per heavy atom. The third-order valence-electron chi connectivity index (χ3n) is 2.12. The summed E-state index contributed by atoms with van der Waals surface area (Å²) in [5.41, 5.74) is 0. The molecule has 0 saturated heterocycles. The molecule has 0 radical (unpaired) electrons. The molecule has 0 saturated carbocycles. The van der Waals surface area contributed by atoms with E-state index >= 15 is 0 Å². The Balaban J connectivity index is 2.44. The van der Waals surface area contributed by atoms with Gasteiger partial charge in [-0.1, -0.05) is 28.9 Å². The minimum atomic E-state index is 0.539. The summed E-state index contributed by atoms with van der Waals surface area (Å²) < 4.78 is 6.70. The zero-order valence-electron chi connectivity index (χ0n) is 8.24. The first-order valence-electron chi connectivity index (χ1n) is 4.75. The largest absolute Gasteiger partial charge is 0.493 e. The van der Waals surface area contributed by atoms with E-state index in [-0.39, 0.29) is 0 Å². The van der Waals surface area contributed by atoms with Crippen LogP contribution in [0.2, 0.25) is 0 Å². The predicted octanol–water partition coefficient (Wildman–Crippen LogP) is 3.78. The molecular formula is C11H15BrOS. The average Bonchev–Trinajstić information content (AvgIpc) is 2.19. The van der Waals surface area contributed by atoms with Gasteiger partial charge in [-0.2, -0.15) is 12.6 Å². The highest BCUT2D eigenvalue weighted by Crippen LogP contribution is 2.18. The minimum Gasteiger partial charge on any atom is -0.493 e. The van der Waals surface area contributed by atoms with Crippen LogP contribution in [0, 0.1) is 5.92 Å². The lowest BCUT2D eigenvalue weighted by Gasteiger charge is -2.13. The number of benzene rings is 1. The fraction of sp³-hybridized carbons (Fsp3) is 0.455. The molecule has 0 heterocycles. The molecule has 0 N–H and O–H groups in total. The molecule has 0 spiro atoms. The lowest BCUT2D eigenvalue weighted by atomic mass is 10.1. The van der Waals surface area contributed by atoms with Crippen LogP contribution in [0.1, 0.15) is 13.3 Å². The first-order valence-corrected chi connectivity index (χ1v) is 6.18. The highest BCUT2D eigenvalue weighted by Gasteiger charge is 2.04. The van der Waals surface area contributed by atoms with Crippen molar-refractivity contribution in [2.24, 2.45) is 5.92 Å². The van der Waals surface area contributed by atoms with E-state index in [0.29, 0.717) is 5.92 Å². The molecule has 78 valence electrons. The summed E-state index contributed by atoms with van der Waals surface area (Å²) in [5.74, 6) is 2.33. The van der Waals surface area contributed by atoms with E-state index in [9.17, 15) is 0 Å². The summed E-state index contributed by atoms with van der Waals surface area (Å²) in [6.45, 7) is 2.90. The van der Waals surface area contributed by atoms with Crippen molar-refractivity contribution in [2.75, 3.05) is 12.4 Å². The van der Waals surface area contributed by atoms with Gasteiger partial charge in [0.1, 0.15) is 5.75 Å². The van der Waals surface area contributed by atoms with Gasteiger partial charge in [-0.25, -0.2) is 0 Å². The van der Waals surface area contributed by atoms with Crippen LogP contribution in [0.5, 0.6) is 5.75 Å². The molecule has 1 rings (SSSR count). The smallest absolute Gasteiger partial charge is 0.120 e. The Morgan fingerprint density at radius 3 is 2.86 bits per heavy atom. The molecular weight excluding hydrogens is 260 g/mol. The van der Waals surface area contributed by atoms with Crippen LogP contribution in [-0.4, -0.2) is 12.4 Å². The maximum absolute atomic E-state index is 5.65. The maximum Gasteiger partial charge on any atom is 0.120 e. The third kappa shape index (κ3) is 3.93. The topological polar surface area (TPSA) is 9.23 Å². The third-order valence-corrected chi connectivity index (χ3v) is 3.13. The molecule has 0 fully saturated rings. The van der Waals surface area contributed by atoms with Crippen LogP contribution in [0.25, 0.3) is 0 Å². The molecule has 0 aliphatic heterocycles. The molecule has 1 nitrogen and oxygen atoms in total. The van der Waals surface area contributed by atoms with Gasteiger partial charge >= 0.3 is 0 Å². The van der Waals surface area contributed by atoms with Crippen molar-refractivity contribution in [2.45, 2.75) is 13.3 Å². The quantitative estimate of drug-likeness (QED) is 0.804. The second-order valence-corrected chi connectivity index (χ2v) is 4.51. The minimum absolute atomic E-state index is 0.539. The molecule has 0 aliphatic carbocycles. The second kappa shape index (κ2) is 6.36. The molecule has 1 aromatic carbocycles. The van der Waals surface area contributed by atoms with Crippen molar-refractivity contribution in [1.82, 2.24) is 0 Å². The first kappa shape index (κ1) is 11.9. The van der Waals surface area contributed by atoms with Gasteiger partial charge in [-0.3, -0.25) is 0 Å². The van der Waals surface area contributed by atoms with Crippen molar-refractivity contribution in [3.05, 3.63) is 28.7 Å². The van der Waals surface area contributed by atoms with E-state index < -0.39 is 0 Å². The Kier molecular flexibility index (Phi) is 5.41. The lowest BCUT2D eigenvalue weighted by Crippen LogP contribution is -2.12. The number of halogens is 1. The molecule has 14 heavy (non-hydrogen) atoms. The predicted molar refractivity (Wildman–Crippen MR) is 67.3 cm³/mol. The van der Waals surface area contributed by atoms with Gasteiger partial charge in [-0.15, -0.1) is 0 Å². The van der Waals surface area contributed by atoms with E-state index in [0.717, 1.165) is 29.0 Å². The molecule has 1 atom stereocenters. The first-order chi connectivity index (χ1) is 6.76. The number of ether oxygens (including phenoxy) is 1. The summed E-state index contributed by atoms with van der Waals surface area (Å²) in [6.07, 6.45) is 1.11. The van der Waals surface area contributed by atoms with Gasteiger partial charge in [-0.05, 0) is 30.4 Å².